The van der Waals surface area contributed by atoms with Crippen LogP contribution in [0.3, 0.4) is 0 Å². The van der Waals surface area contributed by atoms with Gasteiger partial charge in [0.25, 0.3) is 0 Å². The van der Waals surface area contributed by atoms with Crippen molar-refractivity contribution in [1.29, 1.82) is 0 Å². The van der Waals surface area contributed by atoms with Gasteiger partial charge in [-0.15, -0.1) is 0 Å². The van der Waals surface area contributed by atoms with Crippen molar-refractivity contribution in [2.45, 2.75) is 44.4 Å². The number of aliphatic hydroxyl groups excluding tert-OH is 2. The minimum Gasteiger partial charge on any atom is -0.493 e. The van der Waals surface area contributed by atoms with Crippen LogP contribution in [-0.2, 0) is 9.59 Å². The van der Waals surface area contributed by atoms with E-state index in [0.29, 0.717) is 45.0 Å². The highest BCUT2D eigenvalue weighted by Gasteiger charge is 2.41. The molecule has 1 aromatic rings. The number of rotatable bonds is 10. The van der Waals surface area contributed by atoms with Crippen molar-refractivity contribution in [2.24, 2.45) is 5.92 Å². The van der Waals surface area contributed by atoms with Gasteiger partial charge in [0, 0.05) is 37.6 Å². The molecule has 0 heterocycles. The molecule has 0 aliphatic heterocycles. The third kappa shape index (κ3) is 6.24. The molecule has 0 spiro atoms. The normalized spacial score (nSPS) is 22.2. The summed E-state index contributed by atoms with van der Waals surface area (Å²) in [5.41, 5.74) is 0.779. The summed E-state index contributed by atoms with van der Waals surface area (Å²) < 4.78 is 12.1. The maximum atomic E-state index is 12.7. The molecule has 0 unspecified atom stereocenters. The summed E-state index contributed by atoms with van der Waals surface area (Å²) >= 11 is 2.01. The number of nitrogens with one attached hydrogen (secondary N) is 1. The van der Waals surface area contributed by atoms with Crippen molar-refractivity contribution in [3.05, 3.63) is 32.9 Å². The molecule has 0 aromatic heterocycles. The molecule has 10 heteroatoms. The second kappa shape index (κ2) is 11.3. The van der Waals surface area contributed by atoms with E-state index in [1.165, 1.54) is 20.1 Å². The Labute approximate surface area is 206 Å². The number of hydrogen-bond donors (Lipinski definition) is 3. The third-order valence-electron chi connectivity index (χ3n) is 5.81. The van der Waals surface area contributed by atoms with Gasteiger partial charge in [-0.25, -0.2) is 0 Å². The van der Waals surface area contributed by atoms with Crippen molar-refractivity contribution in [1.82, 2.24) is 10.2 Å². The molecule has 2 aliphatic carbocycles. The lowest BCUT2D eigenvalue weighted by atomic mass is 9.88. The molecule has 3 rings (SSSR count). The van der Waals surface area contributed by atoms with E-state index < -0.39 is 18.2 Å². The van der Waals surface area contributed by atoms with Crippen molar-refractivity contribution in [2.75, 3.05) is 26.8 Å². The van der Waals surface area contributed by atoms with E-state index in [4.69, 9.17) is 14.6 Å². The average Bonchev–Trinajstić information content (AvgIpc) is 3.62. The molecule has 9 nitrogen and oxygen atoms in total. The van der Waals surface area contributed by atoms with Crippen LogP contribution in [0, 0.1) is 9.49 Å². The Bertz CT molecular complexity index is 932. The van der Waals surface area contributed by atoms with Gasteiger partial charge in [0.05, 0.1) is 23.3 Å². The number of aliphatic hydroxyl groups is 2. The van der Waals surface area contributed by atoms with E-state index in [0.717, 1.165) is 12.8 Å². The minimum absolute atomic E-state index is 0.0896. The molecule has 0 saturated heterocycles. The van der Waals surface area contributed by atoms with E-state index in [-0.39, 0.29) is 31.4 Å². The highest BCUT2D eigenvalue weighted by Crippen LogP contribution is 2.38. The standard InChI is InChI=1S/C23H29IN2O7/c1-13(29)26(11-14-3-4-14)18-9-16(23(31)25-5-6-27)10-19(21(18)30)33-22-17(24)7-15(12-28)8-20(22)32-2/h7-8,10,12,14,18-19,21,27,30H,3-6,9,11H2,1-2H3,(H,25,31)/t18-,19+,21+/m1/s1. The molecular formula is C23H29IN2O7. The molecule has 3 atom stereocenters. The van der Waals surface area contributed by atoms with E-state index in [1.54, 1.807) is 17.0 Å². The topological polar surface area (TPSA) is 125 Å². The Morgan fingerprint density at radius 2 is 2.06 bits per heavy atom. The van der Waals surface area contributed by atoms with Crippen LogP contribution >= 0.6 is 22.6 Å². The number of ether oxygens (including phenoxy) is 2. The van der Waals surface area contributed by atoms with Crippen molar-refractivity contribution < 1.29 is 34.1 Å². The predicted octanol–water partition coefficient (Wildman–Crippen LogP) is 1.29. The number of aldehydes is 1. The fraction of sp³-hybridized carbons (Fsp3) is 0.522. The number of nitrogens with zero attached hydrogens (tertiary/aromatic N) is 1. The first-order valence-electron chi connectivity index (χ1n) is 10.8. The zero-order valence-electron chi connectivity index (χ0n) is 18.6. The summed E-state index contributed by atoms with van der Waals surface area (Å²) in [6.07, 6.45) is 2.45. The van der Waals surface area contributed by atoms with E-state index in [1.807, 2.05) is 22.6 Å². The van der Waals surface area contributed by atoms with Crippen molar-refractivity contribution >= 4 is 40.7 Å². The SMILES string of the molecule is COc1cc(C=O)cc(I)c1O[C@H]1C=C(C(=O)NCCO)C[C@@H](N(CC2CC2)C(C)=O)[C@@H]1O. The quantitative estimate of drug-likeness (QED) is 0.285. The fourth-order valence-electron chi connectivity index (χ4n) is 3.91. The number of carbonyl (C=O) groups excluding carboxylic acids is 3. The number of amides is 2. The van der Waals surface area contributed by atoms with Crippen LogP contribution in [-0.4, -0.2) is 78.3 Å². The molecule has 33 heavy (non-hydrogen) atoms. The second-order valence-electron chi connectivity index (χ2n) is 8.28. The molecule has 2 amide bonds. The molecule has 1 saturated carbocycles. The summed E-state index contributed by atoms with van der Waals surface area (Å²) in [6, 6.07) is 2.52. The van der Waals surface area contributed by atoms with Gasteiger partial charge in [-0.05, 0) is 59.6 Å². The Kier molecular flexibility index (Phi) is 8.71. The van der Waals surface area contributed by atoms with Gasteiger partial charge in [0.2, 0.25) is 11.8 Å². The van der Waals surface area contributed by atoms with Crippen molar-refractivity contribution in [3.63, 3.8) is 0 Å². The van der Waals surface area contributed by atoms with E-state index in [2.05, 4.69) is 5.32 Å². The lowest BCUT2D eigenvalue weighted by molar-refractivity contribution is -0.136. The van der Waals surface area contributed by atoms with E-state index in [9.17, 15) is 19.5 Å². The summed E-state index contributed by atoms with van der Waals surface area (Å²) in [4.78, 5) is 38.0. The van der Waals surface area contributed by atoms with Crippen LogP contribution in [0.4, 0.5) is 0 Å². The van der Waals surface area contributed by atoms with Gasteiger partial charge in [-0.1, -0.05) is 0 Å². The van der Waals surface area contributed by atoms with Gasteiger partial charge in [0.15, 0.2) is 11.5 Å². The summed E-state index contributed by atoms with van der Waals surface area (Å²) in [5, 5.41) is 22.9. The Morgan fingerprint density at radius 3 is 2.64 bits per heavy atom. The molecule has 1 aromatic carbocycles. The zero-order chi connectivity index (χ0) is 24.1. The minimum atomic E-state index is -1.09. The monoisotopic (exact) mass is 572 g/mol. The summed E-state index contributed by atoms with van der Waals surface area (Å²) in [6.45, 7) is 1.86. The Morgan fingerprint density at radius 1 is 1.33 bits per heavy atom. The number of carbonyl (C=O) groups is 3. The van der Waals surface area contributed by atoms with Gasteiger partial charge in [-0.2, -0.15) is 0 Å². The zero-order valence-corrected chi connectivity index (χ0v) is 20.8. The van der Waals surface area contributed by atoms with Gasteiger partial charge < -0.3 is 29.9 Å². The van der Waals surface area contributed by atoms with Crippen LogP contribution < -0.4 is 14.8 Å². The van der Waals surface area contributed by atoms with Gasteiger partial charge in [0.1, 0.15) is 18.5 Å². The lowest BCUT2D eigenvalue weighted by Crippen LogP contribution is -2.55. The summed E-state index contributed by atoms with van der Waals surface area (Å²) in [5.74, 6) is 0.484. The van der Waals surface area contributed by atoms with E-state index >= 15 is 0 Å². The molecule has 0 radical (unpaired) electrons. The van der Waals surface area contributed by atoms with Crippen LogP contribution in [0.2, 0.25) is 0 Å². The highest BCUT2D eigenvalue weighted by atomic mass is 127. The first-order valence-corrected chi connectivity index (χ1v) is 11.9. The van der Waals surface area contributed by atoms with Crippen LogP contribution in [0.15, 0.2) is 23.8 Å². The number of benzene rings is 1. The average molecular weight is 572 g/mol. The number of methoxy groups -OCH3 is 1. The first kappa shape index (κ1) is 25.4. The van der Waals surface area contributed by atoms with Crippen molar-refractivity contribution in [3.8, 4) is 11.5 Å². The summed E-state index contributed by atoms with van der Waals surface area (Å²) in [7, 11) is 1.45. The molecule has 180 valence electrons. The second-order valence-corrected chi connectivity index (χ2v) is 9.44. The number of hydrogen-bond acceptors (Lipinski definition) is 7. The maximum absolute atomic E-state index is 12.7. The first-order chi connectivity index (χ1) is 15.8. The fourth-order valence-corrected chi connectivity index (χ4v) is 4.67. The largest absolute Gasteiger partial charge is 0.493 e. The Hall–Kier alpha value is -2.18. The van der Waals surface area contributed by atoms with Crippen LogP contribution in [0.5, 0.6) is 11.5 Å². The lowest BCUT2D eigenvalue weighted by Gasteiger charge is -2.40. The van der Waals surface area contributed by atoms with Gasteiger partial charge in [-0.3, -0.25) is 14.4 Å². The van der Waals surface area contributed by atoms with Crippen LogP contribution in [0.1, 0.15) is 36.5 Å². The molecular weight excluding hydrogens is 543 g/mol. The van der Waals surface area contributed by atoms with Gasteiger partial charge >= 0.3 is 0 Å². The van der Waals surface area contributed by atoms with Crippen LogP contribution in [0.25, 0.3) is 0 Å². The molecule has 3 N–H and O–H groups in total. The molecule has 2 aliphatic rings. The Balaban J connectivity index is 1.95. The third-order valence-corrected chi connectivity index (χ3v) is 6.61. The maximum Gasteiger partial charge on any atom is 0.247 e. The predicted molar refractivity (Wildman–Crippen MR) is 128 cm³/mol. The highest BCUT2D eigenvalue weighted by molar-refractivity contribution is 14.1. The smallest absolute Gasteiger partial charge is 0.247 e. The molecule has 0 bridgehead atoms. The number of halogens is 1. The molecule has 1 fully saturated rings.